The zero-order valence-electron chi connectivity index (χ0n) is 21.0. The van der Waals surface area contributed by atoms with Gasteiger partial charge in [0.25, 0.3) is 0 Å². The average Bonchev–Trinajstić information content (AvgIpc) is 2.87. The lowest BCUT2D eigenvalue weighted by molar-refractivity contribution is 0.301. The topological polar surface area (TPSA) is 24.7 Å². The van der Waals surface area contributed by atoms with E-state index in [9.17, 15) is 0 Å². The van der Waals surface area contributed by atoms with Gasteiger partial charge in [-0.25, -0.2) is 0 Å². The van der Waals surface area contributed by atoms with Gasteiger partial charge in [-0.3, -0.25) is 0 Å². The second-order valence-electron chi connectivity index (χ2n) is 9.86. The molecule has 0 atom stereocenters. The van der Waals surface area contributed by atoms with Crippen LogP contribution >= 0.6 is 0 Å². The van der Waals surface area contributed by atoms with Crippen LogP contribution in [0.1, 0.15) is 108 Å². The number of hydrogen-bond acceptors (Lipinski definition) is 2. The van der Waals surface area contributed by atoms with Gasteiger partial charge in [-0.2, -0.15) is 10.2 Å². The standard InChI is InChI=1S/C31H44N2/c1-3-5-7-8-10-14-27-17-19-28(20-18-27)25-32-33-31(29-15-11-9-12-16-29)30-23-21-26(22-24-30)13-6-4-2/h9,11-12,15-20,25-26,30H,3-8,10,13-14,21-24H2,1-2H3. The summed E-state index contributed by atoms with van der Waals surface area (Å²) in [5.41, 5.74) is 4.95. The molecule has 0 aliphatic heterocycles. The molecule has 0 radical (unpaired) electrons. The van der Waals surface area contributed by atoms with Crippen LogP contribution in [0.25, 0.3) is 0 Å². The van der Waals surface area contributed by atoms with E-state index < -0.39 is 0 Å². The van der Waals surface area contributed by atoms with Crippen molar-refractivity contribution in [2.24, 2.45) is 22.0 Å². The van der Waals surface area contributed by atoms with E-state index in [1.165, 1.54) is 100 Å². The summed E-state index contributed by atoms with van der Waals surface area (Å²) in [5, 5.41) is 9.34. The molecule has 1 saturated carbocycles. The summed E-state index contributed by atoms with van der Waals surface area (Å²) < 4.78 is 0. The minimum absolute atomic E-state index is 0.525. The average molecular weight is 445 g/mol. The minimum Gasteiger partial charge on any atom is -0.158 e. The van der Waals surface area contributed by atoms with Crippen molar-refractivity contribution in [1.29, 1.82) is 0 Å². The zero-order chi connectivity index (χ0) is 23.1. The Labute approximate surface area is 202 Å². The third-order valence-corrected chi connectivity index (χ3v) is 7.19. The van der Waals surface area contributed by atoms with Crippen molar-refractivity contribution in [1.82, 2.24) is 0 Å². The van der Waals surface area contributed by atoms with E-state index in [4.69, 9.17) is 5.10 Å². The summed E-state index contributed by atoms with van der Waals surface area (Å²) in [7, 11) is 0. The van der Waals surface area contributed by atoms with Crippen molar-refractivity contribution in [3.8, 4) is 0 Å². The van der Waals surface area contributed by atoms with Crippen LogP contribution in [0.3, 0.4) is 0 Å². The van der Waals surface area contributed by atoms with Crippen molar-refractivity contribution in [2.75, 3.05) is 0 Å². The molecule has 0 N–H and O–H groups in total. The van der Waals surface area contributed by atoms with Gasteiger partial charge in [0.05, 0.1) is 11.9 Å². The maximum atomic E-state index is 4.79. The van der Waals surface area contributed by atoms with Crippen molar-refractivity contribution in [3.63, 3.8) is 0 Å². The van der Waals surface area contributed by atoms with Crippen LogP contribution in [-0.2, 0) is 6.42 Å². The molecule has 2 aromatic carbocycles. The van der Waals surface area contributed by atoms with E-state index >= 15 is 0 Å². The second kappa shape index (κ2) is 14.8. The smallest absolute Gasteiger partial charge is 0.0733 e. The van der Waals surface area contributed by atoms with E-state index in [1.54, 1.807) is 0 Å². The Morgan fingerprint density at radius 2 is 1.48 bits per heavy atom. The van der Waals surface area contributed by atoms with Crippen LogP contribution in [-0.4, -0.2) is 11.9 Å². The molecule has 2 aromatic rings. The molecular formula is C31H44N2. The van der Waals surface area contributed by atoms with E-state index in [-0.39, 0.29) is 0 Å². The van der Waals surface area contributed by atoms with Crippen LogP contribution in [0, 0.1) is 11.8 Å². The summed E-state index contributed by atoms with van der Waals surface area (Å²) in [4.78, 5) is 0. The first-order valence-electron chi connectivity index (χ1n) is 13.6. The number of unbranched alkanes of at least 4 members (excludes halogenated alkanes) is 5. The molecule has 1 aliphatic carbocycles. The Morgan fingerprint density at radius 1 is 0.788 bits per heavy atom. The highest BCUT2D eigenvalue weighted by molar-refractivity contribution is 6.02. The highest BCUT2D eigenvalue weighted by atomic mass is 15.2. The van der Waals surface area contributed by atoms with Gasteiger partial charge in [0.1, 0.15) is 0 Å². The Hall–Kier alpha value is -2.22. The summed E-state index contributed by atoms with van der Waals surface area (Å²) in [6.45, 7) is 4.57. The van der Waals surface area contributed by atoms with Crippen LogP contribution < -0.4 is 0 Å². The maximum Gasteiger partial charge on any atom is 0.0733 e. The molecule has 0 saturated heterocycles. The highest BCUT2D eigenvalue weighted by Crippen LogP contribution is 2.34. The summed E-state index contributed by atoms with van der Waals surface area (Å²) in [6, 6.07) is 19.5. The van der Waals surface area contributed by atoms with Gasteiger partial charge >= 0.3 is 0 Å². The zero-order valence-corrected chi connectivity index (χ0v) is 21.0. The first-order valence-corrected chi connectivity index (χ1v) is 13.6. The van der Waals surface area contributed by atoms with Crippen LogP contribution in [0.4, 0.5) is 0 Å². The minimum atomic E-state index is 0.525. The fourth-order valence-electron chi connectivity index (χ4n) is 5.06. The lowest BCUT2D eigenvalue weighted by atomic mass is 9.76. The normalized spacial score (nSPS) is 19.3. The number of nitrogens with zero attached hydrogens (tertiary/aromatic N) is 2. The van der Waals surface area contributed by atoms with Crippen molar-refractivity contribution in [3.05, 3.63) is 71.3 Å². The van der Waals surface area contributed by atoms with Gasteiger partial charge in [-0.1, -0.05) is 113 Å². The van der Waals surface area contributed by atoms with Crippen molar-refractivity contribution >= 4 is 11.9 Å². The number of benzene rings is 2. The lowest BCUT2D eigenvalue weighted by Gasteiger charge is -2.29. The maximum absolute atomic E-state index is 4.79. The molecule has 0 spiro atoms. The lowest BCUT2D eigenvalue weighted by Crippen LogP contribution is -2.22. The first kappa shape index (κ1) is 25.4. The molecule has 0 aromatic heterocycles. The Bertz CT molecular complexity index is 827. The quantitative estimate of drug-likeness (QED) is 0.167. The van der Waals surface area contributed by atoms with E-state index in [2.05, 4.69) is 73.5 Å². The monoisotopic (exact) mass is 444 g/mol. The van der Waals surface area contributed by atoms with Gasteiger partial charge in [0.15, 0.2) is 0 Å². The number of rotatable bonds is 13. The molecule has 33 heavy (non-hydrogen) atoms. The fourth-order valence-corrected chi connectivity index (χ4v) is 5.06. The molecule has 0 unspecified atom stereocenters. The van der Waals surface area contributed by atoms with Crippen LogP contribution in [0.15, 0.2) is 64.8 Å². The fraction of sp³-hybridized carbons (Fsp3) is 0.548. The third kappa shape index (κ3) is 8.91. The van der Waals surface area contributed by atoms with Gasteiger partial charge in [-0.15, -0.1) is 0 Å². The summed E-state index contributed by atoms with van der Waals surface area (Å²) >= 11 is 0. The molecule has 1 fully saturated rings. The molecule has 0 bridgehead atoms. The molecule has 1 aliphatic rings. The third-order valence-electron chi connectivity index (χ3n) is 7.19. The summed E-state index contributed by atoms with van der Waals surface area (Å²) in [6.07, 6.45) is 19.0. The molecule has 0 heterocycles. The Kier molecular flexibility index (Phi) is 11.4. The van der Waals surface area contributed by atoms with Gasteiger partial charge < -0.3 is 0 Å². The van der Waals surface area contributed by atoms with Crippen LogP contribution in [0.2, 0.25) is 0 Å². The van der Waals surface area contributed by atoms with Gasteiger partial charge in [-0.05, 0) is 61.1 Å². The van der Waals surface area contributed by atoms with Gasteiger partial charge in [0.2, 0.25) is 0 Å². The number of hydrogen-bond donors (Lipinski definition) is 0. The van der Waals surface area contributed by atoms with E-state index in [0.717, 1.165) is 11.5 Å². The highest BCUT2D eigenvalue weighted by Gasteiger charge is 2.25. The molecule has 2 nitrogen and oxygen atoms in total. The van der Waals surface area contributed by atoms with E-state index in [0.29, 0.717) is 5.92 Å². The summed E-state index contributed by atoms with van der Waals surface area (Å²) in [5.74, 6) is 1.43. The SMILES string of the molecule is CCCCCCCc1ccc(C=NN=C(c2ccccc2)C2CCC(CCCC)CC2)cc1. The molecule has 2 heteroatoms. The first-order chi connectivity index (χ1) is 16.3. The molecule has 178 valence electrons. The predicted octanol–water partition coefficient (Wildman–Crippen LogP) is 9.02. The number of aryl methyl sites for hydroxylation is 1. The second-order valence-corrected chi connectivity index (χ2v) is 9.86. The Balaban J connectivity index is 1.60. The van der Waals surface area contributed by atoms with Crippen molar-refractivity contribution < 1.29 is 0 Å². The van der Waals surface area contributed by atoms with Crippen LogP contribution in [0.5, 0.6) is 0 Å². The van der Waals surface area contributed by atoms with Gasteiger partial charge in [0, 0.05) is 5.92 Å². The van der Waals surface area contributed by atoms with E-state index in [1.807, 2.05) is 6.21 Å². The molecular weight excluding hydrogens is 400 g/mol. The largest absolute Gasteiger partial charge is 0.158 e. The molecule has 0 amide bonds. The van der Waals surface area contributed by atoms with Crippen molar-refractivity contribution in [2.45, 2.75) is 97.3 Å². The predicted molar refractivity (Wildman–Crippen MR) is 144 cm³/mol. The molecule has 3 rings (SSSR count). The Morgan fingerprint density at radius 3 is 2.18 bits per heavy atom.